The highest BCUT2D eigenvalue weighted by atomic mass is 35.5. The summed E-state index contributed by atoms with van der Waals surface area (Å²) in [6, 6.07) is 14.9. The number of anilines is 2. The lowest BCUT2D eigenvalue weighted by atomic mass is 10.2. The smallest absolute Gasteiger partial charge is 0.261 e. The Labute approximate surface area is 189 Å². The summed E-state index contributed by atoms with van der Waals surface area (Å²) in [5.41, 5.74) is 0.978. The van der Waals surface area contributed by atoms with Gasteiger partial charge in [-0.15, -0.1) is 0 Å². The molecule has 0 aliphatic carbocycles. The van der Waals surface area contributed by atoms with Crippen molar-refractivity contribution in [3.63, 3.8) is 0 Å². The molecule has 2 N–H and O–H groups in total. The molecule has 0 heterocycles. The zero-order chi connectivity index (χ0) is 22.6. The van der Waals surface area contributed by atoms with Crippen LogP contribution in [0.4, 0.5) is 11.4 Å². The van der Waals surface area contributed by atoms with E-state index in [2.05, 4.69) is 10.0 Å². The number of amides is 1. The van der Waals surface area contributed by atoms with Gasteiger partial charge < -0.3 is 14.8 Å². The Morgan fingerprint density at radius 2 is 1.35 bits per heavy atom. The van der Waals surface area contributed by atoms with Crippen LogP contribution in [0.5, 0.6) is 11.5 Å². The number of carbonyl (C=O) groups excluding carboxylic acids is 1. The van der Waals surface area contributed by atoms with Crippen LogP contribution in [0.25, 0.3) is 0 Å². The molecular formula is C21H18Cl2N2O5S. The molecule has 3 aromatic carbocycles. The van der Waals surface area contributed by atoms with Crippen molar-refractivity contribution in [3.8, 4) is 11.5 Å². The molecule has 1 amide bonds. The zero-order valence-electron chi connectivity index (χ0n) is 16.5. The van der Waals surface area contributed by atoms with Crippen molar-refractivity contribution in [1.82, 2.24) is 0 Å². The largest absolute Gasteiger partial charge is 0.497 e. The summed E-state index contributed by atoms with van der Waals surface area (Å²) in [4.78, 5) is 12.6. The molecule has 0 aromatic heterocycles. The van der Waals surface area contributed by atoms with E-state index < -0.39 is 15.9 Å². The molecule has 0 fully saturated rings. The van der Waals surface area contributed by atoms with E-state index in [1.807, 2.05) is 0 Å². The van der Waals surface area contributed by atoms with E-state index in [4.69, 9.17) is 32.7 Å². The fourth-order valence-corrected chi connectivity index (χ4v) is 4.25. The molecule has 0 aliphatic heterocycles. The maximum absolute atomic E-state index is 12.6. The number of ether oxygens (including phenoxy) is 2. The molecule has 0 atom stereocenters. The van der Waals surface area contributed by atoms with E-state index in [-0.39, 0.29) is 10.6 Å². The Morgan fingerprint density at radius 1 is 0.806 bits per heavy atom. The first kappa shape index (κ1) is 22.7. The van der Waals surface area contributed by atoms with Crippen molar-refractivity contribution < 1.29 is 22.7 Å². The molecule has 3 aromatic rings. The number of methoxy groups -OCH3 is 2. The summed E-state index contributed by atoms with van der Waals surface area (Å²) in [6.07, 6.45) is 0. The standard InChI is InChI=1S/C21H18Cl2N2O5S/c1-29-18-7-13(8-19(12-18)30-2)21(26)24-16-3-5-20(6-4-16)31(27,28)25-17-10-14(22)9-15(23)11-17/h3-12,25H,1-2H3,(H,24,26). The molecule has 0 radical (unpaired) electrons. The Morgan fingerprint density at radius 3 is 1.87 bits per heavy atom. The lowest BCUT2D eigenvalue weighted by molar-refractivity contribution is 0.102. The lowest BCUT2D eigenvalue weighted by Crippen LogP contribution is -2.14. The van der Waals surface area contributed by atoms with Crippen molar-refractivity contribution in [3.05, 3.63) is 76.3 Å². The van der Waals surface area contributed by atoms with Gasteiger partial charge in [0, 0.05) is 27.4 Å². The summed E-state index contributed by atoms with van der Waals surface area (Å²) in [5.74, 6) is 0.538. The third kappa shape index (κ3) is 5.81. The molecule has 3 rings (SSSR count). The van der Waals surface area contributed by atoms with Crippen molar-refractivity contribution in [2.45, 2.75) is 4.90 Å². The molecule has 7 nitrogen and oxygen atoms in total. The second kappa shape index (κ2) is 9.47. The highest BCUT2D eigenvalue weighted by Gasteiger charge is 2.16. The normalized spacial score (nSPS) is 11.0. The monoisotopic (exact) mass is 480 g/mol. The van der Waals surface area contributed by atoms with Crippen LogP contribution in [0.15, 0.2) is 65.6 Å². The molecule has 31 heavy (non-hydrogen) atoms. The van der Waals surface area contributed by atoms with Gasteiger partial charge in [0.2, 0.25) is 0 Å². The molecule has 0 saturated heterocycles. The predicted molar refractivity (Wildman–Crippen MR) is 121 cm³/mol. The first-order valence-electron chi connectivity index (χ1n) is 8.83. The van der Waals surface area contributed by atoms with Gasteiger partial charge in [-0.3, -0.25) is 9.52 Å². The van der Waals surface area contributed by atoms with Crippen molar-refractivity contribution >= 4 is 50.5 Å². The quantitative estimate of drug-likeness (QED) is 0.492. The maximum atomic E-state index is 12.6. The molecule has 10 heteroatoms. The molecule has 0 aliphatic rings. The van der Waals surface area contributed by atoms with Gasteiger partial charge in [-0.2, -0.15) is 0 Å². The number of hydrogen-bond acceptors (Lipinski definition) is 5. The lowest BCUT2D eigenvalue weighted by Gasteiger charge is -2.11. The maximum Gasteiger partial charge on any atom is 0.261 e. The molecule has 162 valence electrons. The van der Waals surface area contributed by atoms with Crippen LogP contribution < -0.4 is 19.5 Å². The van der Waals surface area contributed by atoms with Crippen molar-refractivity contribution in [2.75, 3.05) is 24.3 Å². The molecule has 0 unspecified atom stereocenters. The van der Waals surface area contributed by atoms with E-state index in [0.29, 0.717) is 32.8 Å². The summed E-state index contributed by atoms with van der Waals surface area (Å²) >= 11 is 11.8. The topological polar surface area (TPSA) is 93.7 Å². The second-order valence-electron chi connectivity index (χ2n) is 6.34. The van der Waals surface area contributed by atoms with E-state index >= 15 is 0 Å². The summed E-state index contributed by atoms with van der Waals surface area (Å²) in [6.45, 7) is 0. The van der Waals surface area contributed by atoms with Crippen molar-refractivity contribution in [1.29, 1.82) is 0 Å². The number of halogens is 2. The Hall–Kier alpha value is -2.94. The van der Waals surface area contributed by atoms with Crippen LogP contribution in [0.1, 0.15) is 10.4 Å². The summed E-state index contributed by atoms with van der Waals surface area (Å²) in [7, 11) is -0.901. The third-order valence-corrected chi connectivity index (χ3v) is 5.98. The number of hydrogen-bond donors (Lipinski definition) is 2. The van der Waals surface area contributed by atoms with Crippen molar-refractivity contribution in [2.24, 2.45) is 0 Å². The first-order valence-corrected chi connectivity index (χ1v) is 11.1. The van der Waals surface area contributed by atoms with Gasteiger partial charge in [-0.1, -0.05) is 23.2 Å². The van der Waals surface area contributed by atoms with Gasteiger partial charge in [-0.05, 0) is 54.6 Å². The molecular weight excluding hydrogens is 463 g/mol. The minimum absolute atomic E-state index is 0.00430. The highest BCUT2D eigenvalue weighted by Crippen LogP contribution is 2.26. The Balaban J connectivity index is 1.76. The van der Waals surface area contributed by atoms with Gasteiger partial charge >= 0.3 is 0 Å². The SMILES string of the molecule is COc1cc(OC)cc(C(=O)Nc2ccc(S(=O)(=O)Nc3cc(Cl)cc(Cl)c3)cc2)c1. The second-order valence-corrected chi connectivity index (χ2v) is 8.90. The fraction of sp³-hybridized carbons (Fsp3) is 0.0952. The minimum Gasteiger partial charge on any atom is -0.497 e. The van der Waals surface area contributed by atoms with E-state index in [9.17, 15) is 13.2 Å². The van der Waals surface area contributed by atoms with Crippen LogP contribution in [0.3, 0.4) is 0 Å². The molecule has 0 saturated carbocycles. The fourth-order valence-electron chi connectivity index (χ4n) is 2.69. The van der Waals surface area contributed by atoms with Crippen LogP contribution >= 0.6 is 23.2 Å². The molecule has 0 spiro atoms. The van der Waals surface area contributed by atoms with Crippen LogP contribution in [-0.4, -0.2) is 28.5 Å². The van der Waals surface area contributed by atoms with Crippen LogP contribution in [0.2, 0.25) is 10.0 Å². The first-order chi connectivity index (χ1) is 14.7. The van der Waals surface area contributed by atoms with Gasteiger partial charge in [0.1, 0.15) is 11.5 Å². The Kier molecular flexibility index (Phi) is 6.94. The minimum atomic E-state index is -3.88. The average molecular weight is 481 g/mol. The highest BCUT2D eigenvalue weighted by molar-refractivity contribution is 7.92. The van der Waals surface area contributed by atoms with Gasteiger partial charge in [-0.25, -0.2) is 8.42 Å². The third-order valence-electron chi connectivity index (χ3n) is 4.15. The van der Waals surface area contributed by atoms with Crippen LogP contribution in [-0.2, 0) is 10.0 Å². The number of nitrogens with one attached hydrogen (secondary N) is 2. The number of sulfonamides is 1. The number of benzene rings is 3. The van der Waals surface area contributed by atoms with E-state index in [1.54, 1.807) is 18.2 Å². The van der Waals surface area contributed by atoms with Gasteiger partial charge in [0.15, 0.2) is 0 Å². The summed E-state index contributed by atoms with van der Waals surface area (Å²) < 4.78 is 38.0. The number of carbonyl (C=O) groups is 1. The molecule has 0 bridgehead atoms. The average Bonchev–Trinajstić information content (AvgIpc) is 2.72. The van der Waals surface area contributed by atoms with Crippen LogP contribution in [0, 0.1) is 0 Å². The Bertz CT molecular complexity index is 1170. The summed E-state index contributed by atoms with van der Waals surface area (Å²) in [5, 5.41) is 3.31. The predicted octanol–water partition coefficient (Wildman–Crippen LogP) is 5.06. The van der Waals surface area contributed by atoms with Gasteiger partial charge in [0.25, 0.3) is 15.9 Å². The van der Waals surface area contributed by atoms with E-state index in [0.717, 1.165) is 0 Å². The van der Waals surface area contributed by atoms with Gasteiger partial charge in [0.05, 0.1) is 24.8 Å². The van der Waals surface area contributed by atoms with E-state index in [1.165, 1.54) is 56.7 Å². The zero-order valence-corrected chi connectivity index (χ0v) is 18.8. The number of rotatable bonds is 7.